The van der Waals surface area contributed by atoms with Gasteiger partial charge in [-0.25, -0.2) is 37.2 Å². The number of nitrogens with zero attached hydrogens (tertiary/aromatic N) is 9. The quantitative estimate of drug-likeness (QED) is 0.156. The van der Waals surface area contributed by atoms with Crippen LogP contribution in [-0.2, 0) is 0 Å². The van der Waals surface area contributed by atoms with Crippen LogP contribution in [0.15, 0.2) is 36.7 Å². The molecular weight excluding hydrogens is 640 g/mol. The number of aryl methyl sites for hydroxylation is 2. The smallest absolute Gasteiger partial charge is 0.252 e. The lowest BCUT2D eigenvalue weighted by atomic mass is 9.92. The molecule has 2 aliphatic rings. The van der Waals surface area contributed by atoms with Crippen LogP contribution in [0, 0.1) is 36.5 Å². The topological polar surface area (TPSA) is 170 Å². The van der Waals surface area contributed by atoms with E-state index in [-0.39, 0.29) is 48.7 Å². The average molecular weight is 673 g/mol. The van der Waals surface area contributed by atoms with Gasteiger partial charge in [0.2, 0.25) is 17.1 Å². The van der Waals surface area contributed by atoms with E-state index in [1.54, 1.807) is 36.7 Å². The van der Waals surface area contributed by atoms with E-state index in [1.165, 1.54) is 4.68 Å². The number of H-pyrrole nitrogens is 1. The van der Waals surface area contributed by atoms with E-state index in [2.05, 4.69) is 45.9 Å². The lowest BCUT2D eigenvalue weighted by molar-refractivity contribution is -0.0366. The Labute approximate surface area is 273 Å². The molecule has 0 saturated heterocycles. The lowest BCUT2D eigenvalue weighted by Gasteiger charge is -2.29. The van der Waals surface area contributed by atoms with Crippen LogP contribution >= 0.6 is 11.6 Å². The van der Waals surface area contributed by atoms with Gasteiger partial charge in [0.05, 0.1) is 6.20 Å². The molecule has 2 fully saturated rings. The molecule has 0 unspecified atom stereocenters. The Morgan fingerprint density at radius 1 is 0.830 bits per heavy atom. The number of rotatable bonds is 5. The molecule has 0 atom stereocenters. The van der Waals surface area contributed by atoms with Crippen molar-refractivity contribution in [3.8, 4) is 18.1 Å². The zero-order valence-corrected chi connectivity index (χ0v) is 26.4. The number of aromatic amines is 1. The minimum absolute atomic E-state index is 0.0240. The standard InChI is InChI=1S/C15H16F2N6.C11H14ClF2N3.C4H3N3/c1-10-8-13(20-11-2-5-15(16,17)6-3-11)21-14(19-10)23-7-4-12(9-18)22-23;1-7-6-9(17-10(12)15-7)16-8-2-4-11(13,14)5-3-8;5-3-4-1-2-6-7-4/h4,7-8,11H,2-3,5-6H2,1H3,(H,19,20,21);6,8H,2-5H2,1H3,(H,15,16,17);1-2H,(H,6,7). The van der Waals surface area contributed by atoms with Crippen molar-refractivity contribution < 1.29 is 17.6 Å². The lowest BCUT2D eigenvalue weighted by Crippen LogP contribution is -2.32. The van der Waals surface area contributed by atoms with Crippen LogP contribution in [0.2, 0.25) is 5.28 Å². The molecular formula is C30H33ClF4N12. The molecule has 2 aliphatic carbocycles. The van der Waals surface area contributed by atoms with E-state index in [4.69, 9.17) is 22.1 Å². The molecule has 0 aromatic carbocycles. The van der Waals surface area contributed by atoms with Crippen molar-refractivity contribution in [3.63, 3.8) is 0 Å². The summed E-state index contributed by atoms with van der Waals surface area (Å²) in [5.41, 5.74) is 2.26. The molecule has 0 aliphatic heterocycles. The average Bonchev–Trinajstić information content (AvgIpc) is 3.72. The fraction of sp³-hybridized carbons (Fsp3) is 0.467. The predicted octanol–water partition coefficient (Wildman–Crippen LogP) is 6.54. The maximum atomic E-state index is 13.2. The first-order chi connectivity index (χ1) is 22.3. The molecule has 0 radical (unpaired) electrons. The number of halogens is 5. The molecule has 6 rings (SSSR count). The third-order valence-electron chi connectivity index (χ3n) is 7.34. The van der Waals surface area contributed by atoms with Crippen molar-refractivity contribution in [2.75, 3.05) is 10.6 Å². The van der Waals surface area contributed by atoms with E-state index >= 15 is 0 Å². The fourth-order valence-electron chi connectivity index (χ4n) is 4.94. The van der Waals surface area contributed by atoms with Gasteiger partial charge < -0.3 is 10.6 Å². The highest BCUT2D eigenvalue weighted by molar-refractivity contribution is 6.28. The SMILES string of the molecule is Cc1cc(NC2CCC(F)(F)CC2)nc(-n2ccc(C#N)n2)n1.Cc1cc(NC2CCC(F)(F)CC2)nc(Cl)n1.N#Cc1ccn[nH]1. The minimum atomic E-state index is -2.55. The van der Waals surface area contributed by atoms with E-state index in [0.29, 0.717) is 49.0 Å². The summed E-state index contributed by atoms with van der Waals surface area (Å²) in [5, 5.41) is 33.5. The van der Waals surface area contributed by atoms with Gasteiger partial charge in [-0.3, -0.25) is 5.10 Å². The second kappa shape index (κ2) is 15.6. The maximum absolute atomic E-state index is 13.2. The first-order valence-electron chi connectivity index (χ1n) is 14.8. The van der Waals surface area contributed by atoms with Gasteiger partial charge in [-0.1, -0.05) is 0 Å². The number of hydrogen-bond donors (Lipinski definition) is 3. The number of nitrogens with one attached hydrogen (secondary N) is 3. The van der Waals surface area contributed by atoms with Crippen molar-refractivity contribution in [2.45, 2.75) is 89.1 Å². The number of hydrogen-bond acceptors (Lipinski definition) is 10. The molecule has 4 heterocycles. The molecule has 47 heavy (non-hydrogen) atoms. The van der Waals surface area contributed by atoms with Crippen molar-refractivity contribution in [2.24, 2.45) is 0 Å². The number of nitriles is 2. The van der Waals surface area contributed by atoms with Crippen LogP contribution in [0.1, 0.15) is 74.1 Å². The molecule has 4 aromatic heterocycles. The van der Waals surface area contributed by atoms with Crippen molar-refractivity contribution in [1.29, 1.82) is 10.5 Å². The Morgan fingerprint density at radius 3 is 1.83 bits per heavy atom. The van der Waals surface area contributed by atoms with Gasteiger partial charge in [-0.15, -0.1) is 0 Å². The van der Waals surface area contributed by atoms with Crippen LogP contribution in [0.4, 0.5) is 29.2 Å². The maximum Gasteiger partial charge on any atom is 0.252 e. The summed E-state index contributed by atoms with van der Waals surface area (Å²) in [5.74, 6) is -3.52. The Kier molecular flexibility index (Phi) is 11.7. The number of anilines is 2. The summed E-state index contributed by atoms with van der Waals surface area (Å²) in [4.78, 5) is 16.6. The molecule has 2 saturated carbocycles. The van der Waals surface area contributed by atoms with Crippen molar-refractivity contribution in [3.05, 3.63) is 64.7 Å². The van der Waals surface area contributed by atoms with Crippen LogP contribution in [-0.4, -0.2) is 63.8 Å². The Balaban J connectivity index is 0.000000182. The van der Waals surface area contributed by atoms with Gasteiger partial charge in [-0.05, 0) is 63.3 Å². The molecule has 3 N–H and O–H groups in total. The van der Waals surface area contributed by atoms with Gasteiger partial charge in [-0.2, -0.15) is 25.7 Å². The normalized spacial score (nSPS) is 17.1. The van der Waals surface area contributed by atoms with E-state index in [0.717, 1.165) is 11.4 Å². The highest BCUT2D eigenvalue weighted by Crippen LogP contribution is 2.35. The highest BCUT2D eigenvalue weighted by Gasteiger charge is 2.36. The van der Waals surface area contributed by atoms with Gasteiger partial charge in [0.25, 0.3) is 5.95 Å². The zero-order chi connectivity index (χ0) is 34.0. The van der Waals surface area contributed by atoms with Crippen LogP contribution in [0.5, 0.6) is 0 Å². The molecule has 0 amide bonds. The first-order valence-corrected chi connectivity index (χ1v) is 15.2. The third kappa shape index (κ3) is 11.2. The van der Waals surface area contributed by atoms with Gasteiger partial charge in [0, 0.05) is 67.5 Å². The van der Waals surface area contributed by atoms with Crippen molar-refractivity contribution >= 4 is 23.2 Å². The fourth-order valence-corrected chi connectivity index (χ4v) is 5.16. The Hall–Kier alpha value is -4.83. The highest BCUT2D eigenvalue weighted by atomic mass is 35.5. The Bertz CT molecular complexity index is 1660. The summed E-state index contributed by atoms with van der Waals surface area (Å²) in [6.45, 7) is 3.63. The largest absolute Gasteiger partial charge is 0.367 e. The molecule has 248 valence electrons. The predicted molar refractivity (Wildman–Crippen MR) is 165 cm³/mol. The second-order valence-electron chi connectivity index (χ2n) is 11.2. The molecule has 0 spiro atoms. The molecule has 0 bridgehead atoms. The minimum Gasteiger partial charge on any atom is -0.367 e. The summed E-state index contributed by atoms with van der Waals surface area (Å²) in [7, 11) is 0. The number of alkyl halides is 4. The second-order valence-corrected chi connectivity index (χ2v) is 11.6. The van der Waals surface area contributed by atoms with Gasteiger partial charge in [0.15, 0.2) is 5.69 Å². The summed E-state index contributed by atoms with van der Waals surface area (Å²) < 4.78 is 53.8. The monoisotopic (exact) mass is 672 g/mol. The molecule has 17 heteroatoms. The van der Waals surface area contributed by atoms with Crippen LogP contribution < -0.4 is 10.6 Å². The van der Waals surface area contributed by atoms with E-state index < -0.39 is 11.8 Å². The first kappa shape index (κ1) is 35.0. The van der Waals surface area contributed by atoms with Gasteiger partial charge >= 0.3 is 0 Å². The summed E-state index contributed by atoms with van der Waals surface area (Å²) in [6.07, 6.45) is 4.53. The van der Waals surface area contributed by atoms with Crippen LogP contribution in [0.3, 0.4) is 0 Å². The van der Waals surface area contributed by atoms with E-state index in [9.17, 15) is 17.6 Å². The summed E-state index contributed by atoms with van der Waals surface area (Å²) in [6, 6.07) is 10.6. The Morgan fingerprint density at radius 2 is 1.38 bits per heavy atom. The molecule has 4 aromatic rings. The molecule has 12 nitrogen and oxygen atoms in total. The number of aromatic nitrogens is 8. The third-order valence-corrected chi connectivity index (χ3v) is 7.51. The van der Waals surface area contributed by atoms with Gasteiger partial charge in [0.1, 0.15) is 29.5 Å². The van der Waals surface area contributed by atoms with E-state index in [1.807, 2.05) is 26.0 Å². The zero-order valence-electron chi connectivity index (χ0n) is 25.7. The summed E-state index contributed by atoms with van der Waals surface area (Å²) >= 11 is 5.73. The van der Waals surface area contributed by atoms with Crippen LogP contribution in [0.25, 0.3) is 5.95 Å². The van der Waals surface area contributed by atoms with Crippen molar-refractivity contribution in [1.82, 2.24) is 39.9 Å².